The van der Waals surface area contributed by atoms with Gasteiger partial charge in [-0.3, -0.25) is 4.79 Å². The molecule has 106 valence electrons. The van der Waals surface area contributed by atoms with Crippen molar-refractivity contribution in [3.63, 3.8) is 0 Å². The lowest BCUT2D eigenvalue weighted by Gasteiger charge is -2.07. The maximum absolute atomic E-state index is 10.7. The third-order valence-electron chi connectivity index (χ3n) is 2.43. The summed E-state index contributed by atoms with van der Waals surface area (Å²) in [6, 6.07) is 5.54. The van der Waals surface area contributed by atoms with Gasteiger partial charge in [-0.25, -0.2) is 0 Å². The average molecular weight is 274 g/mol. The monoisotopic (exact) mass is 274 g/mol. The van der Waals surface area contributed by atoms with Crippen molar-refractivity contribution >= 4 is 11.9 Å². The van der Waals surface area contributed by atoms with Crippen molar-refractivity contribution in [2.24, 2.45) is 0 Å². The molecule has 0 saturated heterocycles. The molecule has 0 atom stereocenters. The number of rotatable bonds is 6. The van der Waals surface area contributed by atoms with Gasteiger partial charge in [0.1, 0.15) is 5.76 Å². The normalized spacial score (nSPS) is 12.1. The number of allylic oxidation sites excluding steroid dienone is 4. The van der Waals surface area contributed by atoms with E-state index in [1.807, 2.05) is 24.3 Å². The summed E-state index contributed by atoms with van der Waals surface area (Å²) in [6.45, 7) is 1.38. The van der Waals surface area contributed by atoms with E-state index in [4.69, 9.17) is 9.47 Å². The first-order valence-corrected chi connectivity index (χ1v) is 6.05. The molecule has 0 aromatic heterocycles. The molecule has 0 bridgehead atoms. The molecule has 1 rings (SSSR count). The van der Waals surface area contributed by atoms with E-state index >= 15 is 0 Å². The molecule has 1 N–H and O–H groups in total. The summed E-state index contributed by atoms with van der Waals surface area (Å²) in [5.41, 5.74) is 0.933. The predicted molar refractivity (Wildman–Crippen MR) is 79.1 cm³/mol. The fourth-order valence-electron chi connectivity index (χ4n) is 1.53. The Balaban J connectivity index is 2.76. The number of hydrogen-bond acceptors (Lipinski definition) is 4. The molecule has 0 aliphatic rings. The molecule has 0 radical (unpaired) electrons. The molecule has 1 aromatic carbocycles. The van der Waals surface area contributed by atoms with Gasteiger partial charge in [0.2, 0.25) is 0 Å². The van der Waals surface area contributed by atoms with Gasteiger partial charge in [0.15, 0.2) is 17.3 Å². The van der Waals surface area contributed by atoms with E-state index in [-0.39, 0.29) is 11.5 Å². The van der Waals surface area contributed by atoms with Gasteiger partial charge in [0.25, 0.3) is 0 Å². The molecular formula is C16H18O4. The van der Waals surface area contributed by atoms with Crippen molar-refractivity contribution in [2.75, 3.05) is 14.2 Å². The minimum absolute atomic E-state index is 0.0746. The lowest BCUT2D eigenvalue weighted by Crippen LogP contribution is -1.90. The molecular weight excluding hydrogens is 256 g/mol. The second kappa shape index (κ2) is 7.84. The molecule has 0 spiro atoms. The van der Waals surface area contributed by atoms with Crippen LogP contribution in [0.25, 0.3) is 6.08 Å². The third-order valence-corrected chi connectivity index (χ3v) is 2.43. The molecule has 4 nitrogen and oxygen atoms in total. The van der Waals surface area contributed by atoms with Crippen LogP contribution in [0.2, 0.25) is 0 Å². The van der Waals surface area contributed by atoms with Gasteiger partial charge in [-0.15, -0.1) is 0 Å². The van der Waals surface area contributed by atoms with Crippen LogP contribution in [0.1, 0.15) is 12.5 Å². The summed E-state index contributed by atoms with van der Waals surface area (Å²) in [7, 11) is 3.16. The lowest BCUT2D eigenvalue weighted by molar-refractivity contribution is -0.112. The molecule has 0 saturated carbocycles. The second-order valence-electron chi connectivity index (χ2n) is 4.01. The van der Waals surface area contributed by atoms with Crippen LogP contribution < -0.4 is 9.47 Å². The zero-order chi connectivity index (χ0) is 15.0. The molecule has 0 aliphatic carbocycles. The topological polar surface area (TPSA) is 55.8 Å². The van der Waals surface area contributed by atoms with Gasteiger partial charge in [0.05, 0.1) is 14.2 Å². The minimum Gasteiger partial charge on any atom is -0.508 e. The number of aliphatic hydroxyl groups excluding tert-OH is 1. The maximum Gasteiger partial charge on any atom is 0.161 e. The van der Waals surface area contributed by atoms with Gasteiger partial charge in [-0.2, -0.15) is 0 Å². The maximum atomic E-state index is 10.7. The number of methoxy groups -OCH3 is 2. The van der Waals surface area contributed by atoms with Gasteiger partial charge < -0.3 is 14.6 Å². The highest BCUT2D eigenvalue weighted by atomic mass is 16.5. The number of ketones is 1. The Kier molecular flexibility index (Phi) is 6.10. The van der Waals surface area contributed by atoms with Gasteiger partial charge in [-0.1, -0.05) is 24.3 Å². The molecule has 0 aliphatic heterocycles. The number of carbonyl (C=O) groups excluding carboxylic acids is 1. The van der Waals surface area contributed by atoms with E-state index in [1.54, 1.807) is 26.4 Å². The summed E-state index contributed by atoms with van der Waals surface area (Å²) < 4.78 is 10.4. The Hall–Kier alpha value is -2.49. The first-order valence-electron chi connectivity index (χ1n) is 6.05. The fraction of sp³-hybridized carbons (Fsp3) is 0.188. The summed E-state index contributed by atoms with van der Waals surface area (Å²) in [5, 5.41) is 9.35. The SMILES string of the molecule is COc1ccc(/C=C/C=C/C(O)=C/C(C)=O)cc1OC. The smallest absolute Gasteiger partial charge is 0.161 e. The van der Waals surface area contributed by atoms with Crippen molar-refractivity contribution in [3.05, 3.63) is 53.8 Å². The zero-order valence-corrected chi connectivity index (χ0v) is 11.8. The number of ether oxygens (including phenoxy) is 2. The van der Waals surface area contributed by atoms with E-state index in [0.717, 1.165) is 11.6 Å². The Labute approximate surface area is 118 Å². The highest BCUT2D eigenvalue weighted by Crippen LogP contribution is 2.27. The highest BCUT2D eigenvalue weighted by Gasteiger charge is 2.01. The molecule has 0 amide bonds. The quantitative estimate of drug-likeness (QED) is 0.491. The van der Waals surface area contributed by atoms with Crippen LogP contribution in [0.4, 0.5) is 0 Å². The van der Waals surface area contributed by atoms with E-state index in [1.165, 1.54) is 13.0 Å². The van der Waals surface area contributed by atoms with Crippen LogP contribution in [0, 0.1) is 0 Å². The molecule has 0 heterocycles. The number of aliphatic hydroxyl groups is 1. The molecule has 0 fully saturated rings. The zero-order valence-electron chi connectivity index (χ0n) is 11.8. The van der Waals surface area contributed by atoms with E-state index in [2.05, 4.69) is 0 Å². The van der Waals surface area contributed by atoms with Gasteiger partial charge in [0, 0.05) is 6.08 Å². The Morgan fingerprint density at radius 1 is 1.15 bits per heavy atom. The van der Waals surface area contributed by atoms with Crippen molar-refractivity contribution in [2.45, 2.75) is 6.92 Å². The average Bonchev–Trinajstić information content (AvgIpc) is 2.42. The van der Waals surface area contributed by atoms with Crippen molar-refractivity contribution in [3.8, 4) is 11.5 Å². The third kappa shape index (κ3) is 5.02. The highest BCUT2D eigenvalue weighted by molar-refractivity contribution is 5.88. The molecule has 1 aromatic rings. The standard InChI is InChI=1S/C16H18O4/c1-12(17)10-14(18)7-5-4-6-13-8-9-15(19-2)16(11-13)20-3/h4-11,18H,1-3H3/b6-4+,7-5+,14-10-. The van der Waals surface area contributed by atoms with Crippen LogP contribution in [-0.4, -0.2) is 25.1 Å². The van der Waals surface area contributed by atoms with Crippen LogP contribution in [0.15, 0.2) is 48.3 Å². The van der Waals surface area contributed by atoms with Crippen LogP contribution in [0.3, 0.4) is 0 Å². The largest absolute Gasteiger partial charge is 0.508 e. The second-order valence-corrected chi connectivity index (χ2v) is 4.01. The van der Waals surface area contributed by atoms with E-state index < -0.39 is 0 Å². The number of benzene rings is 1. The van der Waals surface area contributed by atoms with Crippen molar-refractivity contribution < 1.29 is 19.4 Å². The molecule has 4 heteroatoms. The van der Waals surface area contributed by atoms with E-state index in [9.17, 15) is 9.90 Å². The molecule has 20 heavy (non-hydrogen) atoms. The van der Waals surface area contributed by atoms with Crippen LogP contribution in [0.5, 0.6) is 11.5 Å². The van der Waals surface area contributed by atoms with Gasteiger partial charge in [-0.05, 0) is 30.7 Å². The van der Waals surface area contributed by atoms with E-state index in [0.29, 0.717) is 11.5 Å². The first-order chi connectivity index (χ1) is 9.56. The van der Waals surface area contributed by atoms with Crippen LogP contribution in [-0.2, 0) is 4.79 Å². The summed E-state index contributed by atoms with van der Waals surface area (Å²) in [6.07, 6.45) is 7.84. The predicted octanol–water partition coefficient (Wildman–Crippen LogP) is 3.30. The van der Waals surface area contributed by atoms with Crippen molar-refractivity contribution in [1.82, 2.24) is 0 Å². The number of hydrogen-bond donors (Lipinski definition) is 1. The Bertz CT molecular complexity index is 554. The van der Waals surface area contributed by atoms with Crippen LogP contribution >= 0.6 is 0 Å². The van der Waals surface area contributed by atoms with Crippen molar-refractivity contribution in [1.29, 1.82) is 0 Å². The Morgan fingerprint density at radius 2 is 1.85 bits per heavy atom. The fourth-order valence-corrected chi connectivity index (χ4v) is 1.53. The summed E-state index contributed by atoms with van der Waals surface area (Å²) >= 11 is 0. The molecule has 0 unspecified atom stereocenters. The Morgan fingerprint density at radius 3 is 2.45 bits per heavy atom. The minimum atomic E-state index is -0.198. The first kappa shape index (κ1) is 15.6. The number of carbonyl (C=O) groups is 1. The lowest BCUT2D eigenvalue weighted by atomic mass is 10.2. The summed E-state index contributed by atoms with van der Waals surface area (Å²) in [5.74, 6) is 1.05. The van der Waals surface area contributed by atoms with Gasteiger partial charge >= 0.3 is 0 Å². The summed E-state index contributed by atoms with van der Waals surface area (Å²) in [4.78, 5) is 10.7.